The topological polar surface area (TPSA) is 59.1 Å². The molecule has 2 rings (SSSR count). The second-order valence-corrected chi connectivity index (χ2v) is 5.19. The number of hydrazine groups is 1. The average Bonchev–Trinajstić information content (AvgIpc) is 2.82. The molecule has 0 saturated carbocycles. The van der Waals surface area contributed by atoms with Gasteiger partial charge in [0, 0.05) is 26.3 Å². The Morgan fingerprint density at radius 1 is 1.35 bits per heavy atom. The van der Waals surface area contributed by atoms with Gasteiger partial charge in [-0.15, -0.1) is 0 Å². The third-order valence-corrected chi connectivity index (χ3v) is 3.61. The smallest absolute Gasteiger partial charge is 0.0893 e. The Morgan fingerprint density at radius 2 is 2.00 bits per heavy atom. The fourth-order valence-corrected chi connectivity index (χ4v) is 2.46. The fourth-order valence-electron chi connectivity index (χ4n) is 2.21. The average molecular weight is 294 g/mol. The summed E-state index contributed by atoms with van der Waals surface area (Å²) < 4.78 is 1.85. The zero-order valence-corrected chi connectivity index (χ0v) is 12.7. The Bertz CT molecular complexity index is 561. The van der Waals surface area contributed by atoms with Gasteiger partial charge in [-0.05, 0) is 24.6 Å². The molecule has 1 heterocycles. The van der Waals surface area contributed by atoms with E-state index in [0.717, 1.165) is 23.5 Å². The SMILES string of the molecule is CCn1ncc(Cl)c1C(NN)c1ccc(N(C)C)cc1. The van der Waals surface area contributed by atoms with Gasteiger partial charge in [-0.2, -0.15) is 5.10 Å². The second kappa shape index (κ2) is 6.26. The van der Waals surface area contributed by atoms with Gasteiger partial charge >= 0.3 is 0 Å². The molecule has 1 aromatic heterocycles. The van der Waals surface area contributed by atoms with Crippen LogP contribution in [0.4, 0.5) is 5.69 Å². The molecule has 0 amide bonds. The number of hydrogen-bond donors (Lipinski definition) is 2. The van der Waals surface area contributed by atoms with Crippen molar-refractivity contribution < 1.29 is 0 Å². The van der Waals surface area contributed by atoms with Crippen molar-refractivity contribution in [3.8, 4) is 0 Å². The summed E-state index contributed by atoms with van der Waals surface area (Å²) in [5.41, 5.74) is 5.90. The van der Waals surface area contributed by atoms with Gasteiger partial charge in [0.15, 0.2) is 0 Å². The summed E-state index contributed by atoms with van der Waals surface area (Å²) in [7, 11) is 4.02. The number of anilines is 1. The van der Waals surface area contributed by atoms with Crippen molar-refractivity contribution in [2.24, 2.45) is 5.84 Å². The van der Waals surface area contributed by atoms with Crippen molar-refractivity contribution in [3.63, 3.8) is 0 Å². The summed E-state index contributed by atoms with van der Waals surface area (Å²) in [6.45, 7) is 2.77. The molecule has 0 aliphatic heterocycles. The molecule has 1 atom stereocenters. The van der Waals surface area contributed by atoms with Gasteiger partial charge < -0.3 is 4.90 Å². The summed E-state index contributed by atoms with van der Waals surface area (Å²) >= 11 is 6.24. The fraction of sp³-hybridized carbons (Fsp3) is 0.357. The number of aryl methyl sites for hydroxylation is 1. The summed E-state index contributed by atoms with van der Waals surface area (Å²) in [5.74, 6) is 5.73. The first-order valence-corrected chi connectivity index (χ1v) is 6.90. The number of nitrogens with one attached hydrogen (secondary N) is 1. The van der Waals surface area contributed by atoms with Crippen LogP contribution in [0.3, 0.4) is 0 Å². The lowest BCUT2D eigenvalue weighted by molar-refractivity contribution is 0.543. The lowest BCUT2D eigenvalue weighted by Crippen LogP contribution is -2.31. The van der Waals surface area contributed by atoms with Crippen LogP contribution in [0.2, 0.25) is 5.02 Å². The molecule has 0 spiro atoms. The minimum Gasteiger partial charge on any atom is -0.378 e. The van der Waals surface area contributed by atoms with Gasteiger partial charge in [0.2, 0.25) is 0 Å². The molecule has 1 aromatic carbocycles. The lowest BCUT2D eigenvalue weighted by atomic mass is 10.0. The van der Waals surface area contributed by atoms with Crippen molar-refractivity contribution in [3.05, 3.63) is 46.7 Å². The molecule has 0 saturated heterocycles. The molecular formula is C14H20ClN5. The highest BCUT2D eigenvalue weighted by molar-refractivity contribution is 6.31. The Hall–Kier alpha value is -1.56. The number of halogens is 1. The predicted octanol–water partition coefficient (Wildman–Crippen LogP) is 2.18. The Labute approximate surface area is 124 Å². The maximum atomic E-state index is 6.24. The van der Waals surface area contributed by atoms with E-state index in [2.05, 4.69) is 27.6 Å². The third kappa shape index (κ3) is 2.80. The van der Waals surface area contributed by atoms with Crippen molar-refractivity contribution >= 4 is 17.3 Å². The highest BCUT2D eigenvalue weighted by Gasteiger charge is 2.20. The van der Waals surface area contributed by atoms with Gasteiger partial charge in [0.1, 0.15) is 0 Å². The van der Waals surface area contributed by atoms with Gasteiger partial charge in [0.25, 0.3) is 0 Å². The van der Waals surface area contributed by atoms with Gasteiger partial charge in [-0.3, -0.25) is 10.5 Å². The van der Waals surface area contributed by atoms with E-state index in [-0.39, 0.29) is 6.04 Å². The summed E-state index contributed by atoms with van der Waals surface area (Å²) in [6.07, 6.45) is 1.65. The molecular weight excluding hydrogens is 274 g/mol. The molecule has 108 valence electrons. The molecule has 0 bridgehead atoms. The van der Waals surface area contributed by atoms with E-state index in [0.29, 0.717) is 5.02 Å². The second-order valence-electron chi connectivity index (χ2n) is 4.78. The molecule has 6 heteroatoms. The number of aromatic nitrogens is 2. The van der Waals surface area contributed by atoms with Crippen molar-refractivity contribution in [1.29, 1.82) is 0 Å². The number of benzene rings is 1. The van der Waals surface area contributed by atoms with E-state index in [1.54, 1.807) is 6.20 Å². The van der Waals surface area contributed by atoms with Crippen LogP contribution in [0.1, 0.15) is 24.2 Å². The maximum Gasteiger partial charge on any atom is 0.0893 e. The molecule has 1 unspecified atom stereocenters. The molecule has 2 aromatic rings. The summed E-state index contributed by atoms with van der Waals surface area (Å²) in [5, 5.41) is 4.87. The Kier molecular flexibility index (Phi) is 4.65. The maximum absolute atomic E-state index is 6.24. The van der Waals surface area contributed by atoms with Crippen LogP contribution in [0, 0.1) is 0 Å². The number of hydrogen-bond acceptors (Lipinski definition) is 4. The molecule has 0 radical (unpaired) electrons. The molecule has 20 heavy (non-hydrogen) atoms. The van der Waals surface area contributed by atoms with E-state index in [1.165, 1.54) is 0 Å². The highest BCUT2D eigenvalue weighted by Crippen LogP contribution is 2.28. The molecule has 0 aliphatic rings. The monoisotopic (exact) mass is 293 g/mol. The number of nitrogens with zero attached hydrogens (tertiary/aromatic N) is 3. The van der Waals surface area contributed by atoms with Crippen LogP contribution in [0.5, 0.6) is 0 Å². The molecule has 0 aliphatic carbocycles. The number of rotatable bonds is 5. The highest BCUT2D eigenvalue weighted by atomic mass is 35.5. The van der Waals surface area contributed by atoms with Crippen molar-refractivity contribution in [2.45, 2.75) is 19.5 Å². The Morgan fingerprint density at radius 3 is 2.50 bits per heavy atom. The van der Waals surface area contributed by atoms with Crippen LogP contribution in [-0.2, 0) is 6.54 Å². The number of nitrogens with two attached hydrogens (primary N) is 1. The first-order chi connectivity index (χ1) is 9.58. The van der Waals surface area contributed by atoms with Crippen LogP contribution < -0.4 is 16.2 Å². The third-order valence-electron chi connectivity index (χ3n) is 3.32. The lowest BCUT2D eigenvalue weighted by Gasteiger charge is -2.20. The molecule has 5 nitrogen and oxygen atoms in total. The van der Waals surface area contributed by atoms with E-state index in [4.69, 9.17) is 17.4 Å². The zero-order valence-electron chi connectivity index (χ0n) is 12.0. The first-order valence-electron chi connectivity index (χ1n) is 6.53. The van der Waals surface area contributed by atoms with Crippen LogP contribution in [0.15, 0.2) is 30.5 Å². The standard InChI is InChI=1S/C14H20ClN5/c1-4-20-14(12(15)9-17-20)13(18-16)10-5-7-11(8-6-10)19(2)3/h5-9,13,18H,4,16H2,1-3H3. The predicted molar refractivity (Wildman–Crippen MR) is 82.8 cm³/mol. The normalized spacial score (nSPS) is 12.4. The van der Waals surface area contributed by atoms with Gasteiger partial charge in [-0.25, -0.2) is 5.43 Å². The van der Waals surface area contributed by atoms with Crippen molar-refractivity contribution in [2.75, 3.05) is 19.0 Å². The Balaban J connectivity index is 2.39. The summed E-state index contributed by atoms with van der Waals surface area (Å²) in [4.78, 5) is 2.05. The zero-order chi connectivity index (χ0) is 14.7. The van der Waals surface area contributed by atoms with Crippen molar-refractivity contribution in [1.82, 2.24) is 15.2 Å². The molecule has 0 fully saturated rings. The van der Waals surface area contributed by atoms with E-state index in [1.807, 2.05) is 37.8 Å². The largest absolute Gasteiger partial charge is 0.378 e. The first kappa shape index (κ1) is 14.8. The quantitative estimate of drug-likeness (QED) is 0.655. The minimum absolute atomic E-state index is 0.179. The minimum atomic E-state index is -0.179. The van der Waals surface area contributed by atoms with Gasteiger partial charge in [0.05, 0.1) is 23.0 Å². The van der Waals surface area contributed by atoms with Crippen LogP contribution in [-0.4, -0.2) is 23.9 Å². The van der Waals surface area contributed by atoms with E-state index < -0.39 is 0 Å². The van der Waals surface area contributed by atoms with E-state index >= 15 is 0 Å². The van der Waals surface area contributed by atoms with E-state index in [9.17, 15) is 0 Å². The van der Waals surface area contributed by atoms with Crippen LogP contribution in [0.25, 0.3) is 0 Å². The molecule has 3 N–H and O–H groups in total. The van der Waals surface area contributed by atoms with Crippen LogP contribution >= 0.6 is 11.6 Å². The summed E-state index contributed by atoms with van der Waals surface area (Å²) in [6, 6.07) is 8.02. The van der Waals surface area contributed by atoms with Gasteiger partial charge in [-0.1, -0.05) is 23.7 Å².